The van der Waals surface area contributed by atoms with Crippen LogP contribution in [0.1, 0.15) is 75.8 Å². The van der Waals surface area contributed by atoms with Crippen molar-refractivity contribution in [3.63, 3.8) is 0 Å². The Hall–Kier alpha value is -2.81. The zero-order valence-electron chi connectivity index (χ0n) is 27.2. The molecule has 2 N–H and O–H groups in total. The fourth-order valence-corrected chi connectivity index (χ4v) is 7.22. The minimum atomic E-state index is -0.409. The number of nitrogens with zero attached hydrogens (tertiary/aromatic N) is 1. The lowest BCUT2D eigenvalue weighted by Crippen LogP contribution is -2.48. The lowest BCUT2D eigenvalue weighted by Gasteiger charge is -2.39. The minimum Gasteiger partial charge on any atom is -0.497 e. The summed E-state index contributed by atoms with van der Waals surface area (Å²) in [7, 11) is 3.46. The van der Waals surface area contributed by atoms with E-state index < -0.39 is 5.41 Å². The first-order valence-electron chi connectivity index (χ1n) is 16.6. The monoisotopic (exact) mass is 607 g/mol. The van der Waals surface area contributed by atoms with Crippen molar-refractivity contribution >= 4 is 11.6 Å². The number of hydrogen-bond acceptors (Lipinski definition) is 7. The second-order valence-corrected chi connectivity index (χ2v) is 13.5. The van der Waals surface area contributed by atoms with Crippen LogP contribution >= 0.6 is 0 Å². The third-order valence-electron chi connectivity index (χ3n) is 9.75. The molecule has 1 saturated carbocycles. The number of carbonyl (C=O) groups excluding carboxylic acids is 1. The van der Waals surface area contributed by atoms with Crippen molar-refractivity contribution < 1.29 is 23.7 Å². The SMILES string of the molecule is COCCCN1CCOc2ccc(CO[C@H]3CC[C@H](CC(C)(C)C(=O)NC4CCNCC4)C[C@@H]3c3ccc(OC)cc3)cc21. The van der Waals surface area contributed by atoms with Gasteiger partial charge in [0.25, 0.3) is 0 Å². The minimum absolute atomic E-state index is 0.108. The molecule has 8 nitrogen and oxygen atoms in total. The zero-order valence-corrected chi connectivity index (χ0v) is 27.2. The molecule has 1 saturated heterocycles. The van der Waals surface area contributed by atoms with Crippen molar-refractivity contribution in [2.75, 3.05) is 58.5 Å². The fraction of sp³-hybridized carbons (Fsp3) is 0.639. The molecule has 44 heavy (non-hydrogen) atoms. The number of amides is 1. The third kappa shape index (κ3) is 8.46. The number of piperidine rings is 1. The van der Waals surface area contributed by atoms with E-state index in [0.29, 0.717) is 19.1 Å². The molecule has 0 spiro atoms. The average molecular weight is 608 g/mol. The predicted octanol–water partition coefficient (Wildman–Crippen LogP) is 5.68. The molecule has 0 unspecified atom stereocenters. The molecule has 1 amide bonds. The quantitative estimate of drug-likeness (QED) is 0.284. The van der Waals surface area contributed by atoms with Gasteiger partial charge >= 0.3 is 0 Å². The Morgan fingerprint density at radius 1 is 1.07 bits per heavy atom. The molecule has 1 aliphatic carbocycles. The van der Waals surface area contributed by atoms with Crippen LogP contribution in [0.3, 0.4) is 0 Å². The number of benzene rings is 2. The first kappa shape index (κ1) is 32.6. The summed E-state index contributed by atoms with van der Waals surface area (Å²) in [4.78, 5) is 15.8. The van der Waals surface area contributed by atoms with Crippen LogP contribution in [-0.4, -0.2) is 71.7 Å². The van der Waals surface area contributed by atoms with Crippen LogP contribution in [0.5, 0.6) is 11.5 Å². The molecule has 3 atom stereocenters. The van der Waals surface area contributed by atoms with Crippen molar-refractivity contribution in [1.29, 1.82) is 0 Å². The van der Waals surface area contributed by atoms with Crippen molar-refractivity contribution in [3.8, 4) is 11.5 Å². The van der Waals surface area contributed by atoms with Gasteiger partial charge in [0.05, 0.1) is 32.1 Å². The van der Waals surface area contributed by atoms with Gasteiger partial charge in [-0.15, -0.1) is 0 Å². The van der Waals surface area contributed by atoms with E-state index in [9.17, 15) is 4.79 Å². The van der Waals surface area contributed by atoms with E-state index in [2.05, 4.69) is 59.7 Å². The average Bonchev–Trinajstić information content (AvgIpc) is 3.04. The summed E-state index contributed by atoms with van der Waals surface area (Å²) < 4.78 is 23.4. The van der Waals surface area contributed by atoms with Gasteiger partial charge in [-0.25, -0.2) is 0 Å². The molecule has 2 aromatic rings. The van der Waals surface area contributed by atoms with Gasteiger partial charge in [0.15, 0.2) is 0 Å². The highest BCUT2D eigenvalue weighted by atomic mass is 16.5. The highest BCUT2D eigenvalue weighted by Gasteiger charge is 2.38. The molecule has 5 rings (SSSR count). The number of hydrogen-bond donors (Lipinski definition) is 2. The van der Waals surface area contributed by atoms with Crippen molar-refractivity contribution in [1.82, 2.24) is 10.6 Å². The highest BCUT2D eigenvalue weighted by molar-refractivity contribution is 5.82. The van der Waals surface area contributed by atoms with Gasteiger partial charge in [0.1, 0.15) is 18.1 Å². The highest BCUT2D eigenvalue weighted by Crippen LogP contribution is 2.43. The Balaban J connectivity index is 1.25. The molecule has 2 heterocycles. The number of anilines is 1. The molecule has 2 fully saturated rings. The molecule has 0 aromatic heterocycles. The molecular formula is C36H53N3O5. The Kier molecular flexibility index (Phi) is 11.4. The first-order chi connectivity index (χ1) is 21.4. The summed E-state index contributed by atoms with van der Waals surface area (Å²) in [6.45, 7) is 10.0. The van der Waals surface area contributed by atoms with E-state index in [-0.39, 0.29) is 24.0 Å². The van der Waals surface area contributed by atoms with Crippen LogP contribution in [0.25, 0.3) is 0 Å². The second-order valence-electron chi connectivity index (χ2n) is 13.5. The summed E-state index contributed by atoms with van der Waals surface area (Å²) in [5.74, 6) is 2.71. The topological polar surface area (TPSA) is 81.3 Å². The van der Waals surface area contributed by atoms with Gasteiger partial charge in [0, 0.05) is 37.6 Å². The fourth-order valence-electron chi connectivity index (χ4n) is 7.22. The second kappa shape index (κ2) is 15.5. The maximum atomic E-state index is 13.4. The van der Waals surface area contributed by atoms with E-state index in [1.165, 1.54) is 5.56 Å². The van der Waals surface area contributed by atoms with E-state index in [1.54, 1.807) is 14.2 Å². The number of rotatable bonds is 13. The van der Waals surface area contributed by atoms with E-state index in [1.807, 2.05) is 12.1 Å². The van der Waals surface area contributed by atoms with Gasteiger partial charge < -0.3 is 34.5 Å². The Labute approximate surface area is 264 Å². The van der Waals surface area contributed by atoms with Gasteiger partial charge in [-0.3, -0.25) is 4.79 Å². The van der Waals surface area contributed by atoms with Crippen molar-refractivity contribution in [3.05, 3.63) is 53.6 Å². The zero-order chi connectivity index (χ0) is 30.9. The lowest BCUT2D eigenvalue weighted by atomic mass is 9.70. The van der Waals surface area contributed by atoms with Gasteiger partial charge in [-0.1, -0.05) is 32.0 Å². The van der Waals surface area contributed by atoms with Crippen LogP contribution < -0.4 is 25.0 Å². The first-order valence-corrected chi connectivity index (χ1v) is 16.6. The van der Waals surface area contributed by atoms with Crippen LogP contribution in [0.4, 0.5) is 5.69 Å². The van der Waals surface area contributed by atoms with Crippen LogP contribution in [-0.2, 0) is 20.9 Å². The number of carbonyl (C=O) groups is 1. The standard InChI is InChI=1S/C36H53N3O5/c1-36(2,35(40)38-29-14-16-37-17-15-29)24-26-6-12-33(31(22-26)28-8-10-30(42-4)11-9-28)44-25-27-7-13-34-32(23-27)39(19-21-43-34)18-5-20-41-3/h7-11,13,23,26,29,31,33,37H,5-6,12,14-22,24-25H2,1-4H3,(H,38,40)/t26-,31+,33-/m0/s1. The van der Waals surface area contributed by atoms with E-state index >= 15 is 0 Å². The number of nitrogens with one attached hydrogen (secondary N) is 2. The third-order valence-corrected chi connectivity index (χ3v) is 9.75. The van der Waals surface area contributed by atoms with E-state index in [0.717, 1.165) is 100 Å². The molecule has 0 bridgehead atoms. The smallest absolute Gasteiger partial charge is 0.225 e. The van der Waals surface area contributed by atoms with Crippen LogP contribution in [0.15, 0.2) is 42.5 Å². The number of ether oxygens (including phenoxy) is 4. The molecule has 2 aliphatic heterocycles. The molecule has 8 heteroatoms. The normalized spacial score (nSPS) is 22.6. The molecule has 2 aromatic carbocycles. The predicted molar refractivity (Wildman–Crippen MR) is 175 cm³/mol. The lowest BCUT2D eigenvalue weighted by molar-refractivity contribution is -0.131. The van der Waals surface area contributed by atoms with Gasteiger partial charge in [-0.05, 0) is 99.3 Å². The summed E-state index contributed by atoms with van der Waals surface area (Å²) in [5.41, 5.74) is 3.18. The maximum absolute atomic E-state index is 13.4. The van der Waals surface area contributed by atoms with Gasteiger partial charge in [-0.2, -0.15) is 0 Å². The molecular weight excluding hydrogens is 554 g/mol. The molecule has 0 radical (unpaired) electrons. The van der Waals surface area contributed by atoms with Crippen LogP contribution in [0.2, 0.25) is 0 Å². The summed E-state index contributed by atoms with van der Waals surface area (Å²) in [6.07, 6.45) is 7.03. The summed E-state index contributed by atoms with van der Waals surface area (Å²) in [6, 6.07) is 15.2. The van der Waals surface area contributed by atoms with Crippen LogP contribution in [0, 0.1) is 11.3 Å². The molecule has 3 aliphatic rings. The molecule has 242 valence electrons. The van der Waals surface area contributed by atoms with Crippen molar-refractivity contribution in [2.45, 2.75) is 83.5 Å². The summed E-state index contributed by atoms with van der Waals surface area (Å²) in [5, 5.41) is 6.74. The Bertz CT molecular complexity index is 1200. The largest absolute Gasteiger partial charge is 0.497 e. The van der Waals surface area contributed by atoms with Crippen molar-refractivity contribution in [2.24, 2.45) is 11.3 Å². The number of fused-ring (bicyclic) bond motifs is 1. The maximum Gasteiger partial charge on any atom is 0.225 e. The van der Waals surface area contributed by atoms with Gasteiger partial charge in [0.2, 0.25) is 5.91 Å². The number of methoxy groups -OCH3 is 2. The van der Waals surface area contributed by atoms with E-state index in [4.69, 9.17) is 18.9 Å². The Morgan fingerprint density at radius 3 is 2.61 bits per heavy atom. The summed E-state index contributed by atoms with van der Waals surface area (Å²) >= 11 is 0. The Morgan fingerprint density at radius 2 is 1.86 bits per heavy atom.